The number of anilines is 2. The first kappa shape index (κ1) is 12.0. The molecule has 0 spiro atoms. The van der Waals surface area contributed by atoms with Crippen LogP contribution in [0.5, 0.6) is 0 Å². The summed E-state index contributed by atoms with van der Waals surface area (Å²) in [7, 11) is 3.92. The van der Waals surface area contributed by atoms with Crippen LogP contribution >= 0.6 is 0 Å². The van der Waals surface area contributed by atoms with Gasteiger partial charge in [0, 0.05) is 25.5 Å². The Morgan fingerprint density at radius 2 is 2.06 bits per heavy atom. The Bertz CT molecular complexity index is 505. The molecule has 1 amide bonds. The highest BCUT2D eigenvalue weighted by Gasteiger charge is 2.07. The van der Waals surface area contributed by atoms with Gasteiger partial charge in [-0.1, -0.05) is 5.21 Å². The highest BCUT2D eigenvalue weighted by molar-refractivity contribution is 5.91. The van der Waals surface area contributed by atoms with Crippen LogP contribution in [0.1, 0.15) is 5.82 Å². The van der Waals surface area contributed by atoms with Gasteiger partial charge in [0.1, 0.15) is 0 Å². The number of aromatic nitrogens is 4. The molecule has 7 heteroatoms. The number of H-pyrrole nitrogens is 1. The number of nitrogens with zero attached hydrogens (tertiary/aromatic N) is 4. The van der Waals surface area contributed by atoms with Gasteiger partial charge >= 0.3 is 0 Å². The lowest BCUT2D eigenvalue weighted by molar-refractivity contribution is -0.115. The Hall–Kier alpha value is -2.44. The minimum atomic E-state index is -0.172. The van der Waals surface area contributed by atoms with E-state index in [0.717, 1.165) is 11.4 Å². The van der Waals surface area contributed by atoms with Gasteiger partial charge in [0.25, 0.3) is 0 Å². The zero-order chi connectivity index (χ0) is 13.0. The standard InChI is InChI=1S/C11H14N6O/c1-17(2)9-5-3-8(4-6-9)12-11(18)7-10-13-15-16-14-10/h3-6H,7H2,1-2H3,(H,12,18)(H,13,14,15,16). The summed E-state index contributed by atoms with van der Waals surface area (Å²) in [5.41, 5.74) is 1.82. The van der Waals surface area contributed by atoms with Crippen molar-refractivity contribution in [1.29, 1.82) is 0 Å². The number of nitrogens with one attached hydrogen (secondary N) is 2. The first-order valence-corrected chi connectivity index (χ1v) is 5.45. The normalized spacial score (nSPS) is 10.1. The number of aromatic amines is 1. The van der Waals surface area contributed by atoms with Crippen molar-refractivity contribution in [1.82, 2.24) is 20.6 Å². The molecule has 0 aliphatic carbocycles. The average molecular weight is 246 g/mol. The summed E-state index contributed by atoms with van der Waals surface area (Å²) in [5, 5.41) is 15.9. The molecule has 0 aliphatic rings. The number of hydrogen-bond acceptors (Lipinski definition) is 5. The minimum Gasteiger partial charge on any atom is -0.378 e. The second-order valence-corrected chi connectivity index (χ2v) is 3.99. The summed E-state index contributed by atoms with van der Waals surface area (Å²) in [6.45, 7) is 0. The van der Waals surface area contributed by atoms with Crippen molar-refractivity contribution in [2.45, 2.75) is 6.42 Å². The van der Waals surface area contributed by atoms with Gasteiger partial charge in [0.2, 0.25) is 5.91 Å². The van der Waals surface area contributed by atoms with E-state index >= 15 is 0 Å². The molecule has 2 aromatic rings. The molecule has 0 saturated carbocycles. The van der Waals surface area contributed by atoms with Crippen LogP contribution in [0.2, 0.25) is 0 Å². The highest BCUT2D eigenvalue weighted by Crippen LogP contribution is 2.15. The average Bonchev–Trinajstić information content (AvgIpc) is 2.82. The summed E-state index contributed by atoms with van der Waals surface area (Å²) < 4.78 is 0. The second-order valence-electron chi connectivity index (χ2n) is 3.99. The van der Waals surface area contributed by atoms with Crippen LogP contribution in [0, 0.1) is 0 Å². The molecule has 2 rings (SSSR count). The van der Waals surface area contributed by atoms with Gasteiger partial charge in [0.05, 0.1) is 6.42 Å². The molecule has 0 aliphatic heterocycles. The number of rotatable bonds is 4. The van der Waals surface area contributed by atoms with Gasteiger partial charge in [-0.2, -0.15) is 5.21 Å². The van der Waals surface area contributed by atoms with Crippen LogP contribution in [-0.4, -0.2) is 40.6 Å². The van der Waals surface area contributed by atoms with Gasteiger partial charge in [-0.3, -0.25) is 4.79 Å². The van der Waals surface area contributed by atoms with Crippen LogP contribution in [0.3, 0.4) is 0 Å². The van der Waals surface area contributed by atoms with Crippen molar-refractivity contribution in [3.05, 3.63) is 30.1 Å². The summed E-state index contributed by atoms with van der Waals surface area (Å²) in [4.78, 5) is 13.6. The fourth-order valence-corrected chi connectivity index (χ4v) is 1.45. The van der Waals surface area contributed by atoms with Crippen molar-refractivity contribution < 1.29 is 4.79 Å². The van der Waals surface area contributed by atoms with Gasteiger partial charge in [-0.05, 0) is 24.3 Å². The van der Waals surface area contributed by atoms with E-state index in [1.54, 1.807) is 0 Å². The molecule has 94 valence electrons. The van der Waals surface area contributed by atoms with E-state index < -0.39 is 0 Å². The molecule has 1 aromatic heterocycles. The Morgan fingerprint density at radius 3 is 2.61 bits per heavy atom. The zero-order valence-corrected chi connectivity index (χ0v) is 10.2. The van der Waals surface area contributed by atoms with Gasteiger partial charge in [-0.25, -0.2) is 0 Å². The van der Waals surface area contributed by atoms with E-state index in [1.165, 1.54) is 0 Å². The van der Waals surface area contributed by atoms with E-state index in [9.17, 15) is 4.79 Å². The quantitative estimate of drug-likeness (QED) is 0.817. The molecule has 2 N–H and O–H groups in total. The van der Waals surface area contributed by atoms with E-state index in [4.69, 9.17) is 0 Å². The van der Waals surface area contributed by atoms with Crippen molar-refractivity contribution in [3.8, 4) is 0 Å². The number of carbonyl (C=O) groups excluding carboxylic acids is 1. The maximum atomic E-state index is 11.7. The van der Waals surface area contributed by atoms with Crippen molar-refractivity contribution in [2.24, 2.45) is 0 Å². The first-order chi connectivity index (χ1) is 8.65. The third-order valence-corrected chi connectivity index (χ3v) is 2.38. The smallest absolute Gasteiger partial charge is 0.232 e. The molecule has 7 nitrogen and oxygen atoms in total. The SMILES string of the molecule is CN(C)c1ccc(NC(=O)Cc2nn[nH]n2)cc1. The van der Waals surface area contributed by atoms with E-state index in [-0.39, 0.29) is 12.3 Å². The third-order valence-electron chi connectivity index (χ3n) is 2.38. The predicted molar refractivity (Wildman–Crippen MR) is 67.3 cm³/mol. The van der Waals surface area contributed by atoms with E-state index in [1.807, 2.05) is 43.3 Å². The summed E-state index contributed by atoms with van der Waals surface area (Å²) in [5.74, 6) is 0.200. The lowest BCUT2D eigenvalue weighted by atomic mass is 10.2. The first-order valence-electron chi connectivity index (χ1n) is 5.45. The van der Waals surface area contributed by atoms with Crippen molar-refractivity contribution in [3.63, 3.8) is 0 Å². The molecular formula is C11H14N6O. The second kappa shape index (κ2) is 5.26. The fourth-order valence-electron chi connectivity index (χ4n) is 1.45. The molecule has 0 bridgehead atoms. The summed E-state index contributed by atoms with van der Waals surface area (Å²) >= 11 is 0. The summed E-state index contributed by atoms with van der Waals surface area (Å²) in [6, 6.07) is 7.57. The highest BCUT2D eigenvalue weighted by atomic mass is 16.1. The van der Waals surface area contributed by atoms with Crippen molar-refractivity contribution >= 4 is 17.3 Å². The van der Waals surface area contributed by atoms with Crippen LogP contribution in [0.4, 0.5) is 11.4 Å². The molecule has 0 atom stereocenters. The van der Waals surface area contributed by atoms with Gasteiger partial charge in [-0.15, -0.1) is 10.2 Å². The van der Waals surface area contributed by atoms with E-state index in [2.05, 4.69) is 25.9 Å². The van der Waals surface area contributed by atoms with Gasteiger partial charge in [0.15, 0.2) is 5.82 Å². The number of benzene rings is 1. The molecule has 0 radical (unpaired) electrons. The molecule has 0 saturated heterocycles. The lowest BCUT2D eigenvalue weighted by Gasteiger charge is -2.12. The Morgan fingerprint density at radius 1 is 1.33 bits per heavy atom. The zero-order valence-electron chi connectivity index (χ0n) is 10.2. The largest absolute Gasteiger partial charge is 0.378 e. The Kier molecular flexibility index (Phi) is 3.52. The van der Waals surface area contributed by atoms with Crippen LogP contribution in [0.25, 0.3) is 0 Å². The van der Waals surface area contributed by atoms with Crippen molar-refractivity contribution in [2.75, 3.05) is 24.3 Å². The topological polar surface area (TPSA) is 86.8 Å². The molecule has 1 aromatic carbocycles. The third kappa shape index (κ3) is 3.03. The predicted octanol–water partition coefficient (Wildman–Crippen LogP) is 0.447. The molecular weight excluding hydrogens is 232 g/mol. The number of amides is 1. The molecule has 0 fully saturated rings. The maximum Gasteiger partial charge on any atom is 0.232 e. The molecule has 1 heterocycles. The fraction of sp³-hybridized carbons (Fsp3) is 0.273. The van der Waals surface area contributed by atoms with Gasteiger partial charge < -0.3 is 10.2 Å². The number of hydrogen-bond donors (Lipinski definition) is 2. The minimum absolute atomic E-state index is 0.103. The maximum absolute atomic E-state index is 11.7. The Balaban J connectivity index is 1.95. The monoisotopic (exact) mass is 246 g/mol. The number of carbonyl (C=O) groups is 1. The van der Waals surface area contributed by atoms with Crippen LogP contribution < -0.4 is 10.2 Å². The number of tetrazole rings is 1. The lowest BCUT2D eigenvalue weighted by Crippen LogP contribution is -2.15. The van der Waals surface area contributed by atoms with Crippen LogP contribution in [0.15, 0.2) is 24.3 Å². The molecule has 18 heavy (non-hydrogen) atoms. The van der Waals surface area contributed by atoms with E-state index in [0.29, 0.717) is 5.82 Å². The molecule has 0 unspecified atom stereocenters. The van der Waals surface area contributed by atoms with Crippen LogP contribution in [-0.2, 0) is 11.2 Å². The summed E-state index contributed by atoms with van der Waals surface area (Å²) in [6.07, 6.45) is 0.103. The Labute approximate surface area is 104 Å².